The van der Waals surface area contributed by atoms with Crippen LogP contribution in [0.3, 0.4) is 0 Å². The van der Waals surface area contributed by atoms with Crippen molar-refractivity contribution in [3.8, 4) is 0 Å². The molecule has 2 heterocycles. The Hall–Kier alpha value is -1.32. The van der Waals surface area contributed by atoms with Gasteiger partial charge in [-0.1, -0.05) is 18.5 Å². The smallest absolute Gasteiger partial charge is 0.0737 e. The number of halogens is 1. The van der Waals surface area contributed by atoms with Gasteiger partial charge >= 0.3 is 0 Å². The van der Waals surface area contributed by atoms with Crippen LogP contribution in [0.4, 0.5) is 5.69 Å². The Morgan fingerprint density at radius 3 is 2.68 bits per heavy atom. The fraction of sp³-hybridized carbons (Fsp3) is 0.400. The fourth-order valence-electron chi connectivity index (χ4n) is 2.69. The van der Waals surface area contributed by atoms with Crippen molar-refractivity contribution in [3.05, 3.63) is 35.5 Å². The number of rotatable bonds is 2. The number of pyridine rings is 1. The van der Waals surface area contributed by atoms with Crippen LogP contribution in [0.1, 0.15) is 6.92 Å². The second-order valence-electron chi connectivity index (χ2n) is 4.91. The zero-order valence-electron chi connectivity index (χ0n) is 11.1. The topological polar surface area (TPSA) is 19.4 Å². The molecule has 0 amide bonds. The summed E-state index contributed by atoms with van der Waals surface area (Å²) in [5.74, 6) is 0. The van der Waals surface area contributed by atoms with Crippen molar-refractivity contribution in [2.45, 2.75) is 6.92 Å². The molecule has 2 aromatic rings. The normalized spacial score (nSPS) is 17.1. The third kappa shape index (κ3) is 2.53. The highest BCUT2D eigenvalue weighted by atomic mass is 35.5. The molecule has 1 aliphatic rings. The summed E-state index contributed by atoms with van der Waals surface area (Å²) >= 11 is 6.03. The van der Waals surface area contributed by atoms with Crippen LogP contribution in [0.5, 0.6) is 0 Å². The molecule has 0 aliphatic carbocycles. The van der Waals surface area contributed by atoms with Gasteiger partial charge in [0.25, 0.3) is 0 Å². The van der Waals surface area contributed by atoms with Crippen molar-refractivity contribution in [1.82, 2.24) is 9.88 Å². The molecule has 4 heteroatoms. The van der Waals surface area contributed by atoms with Gasteiger partial charge in [-0.25, -0.2) is 0 Å². The van der Waals surface area contributed by atoms with Gasteiger partial charge in [0, 0.05) is 48.5 Å². The molecule has 1 fully saturated rings. The van der Waals surface area contributed by atoms with E-state index in [1.165, 1.54) is 11.1 Å². The average Bonchev–Trinajstić information content (AvgIpc) is 2.46. The summed E-state index contributed by atoms with van der Waals surface area (Å²) in [5.41, 5.74) is 2.25. The van der Waals surface area contributed by atoms with Crippen LogP contribution in [0.15, 0.2) is 30.5 Å². The van der Waals surface area contributed by atoms with Crippen LogP contribution in [0.25, 0.3) is 10.9 Å². The molecule has 1 aliphatic heterocycles. The largest absolute Gasteiger partial charge is 0.368 e. The first-order valence-corrected chi connectivity index (χ1v) is 7.17. The van der Waals surface area contributed by atoms with Crippen LogP contribution >= 0.6 is 11.6 Å². The molecule has 0 bridgehead atoms. The van der Waals surface area contributed by atoms with Gasteiger partial charge in [0.2, 0.25) is 0 Å². The Balaban J connectivity index is 1.93. The summed E-state index contributed by atoms with van der Waals surface area (Å²) in [6.45, 7) is 7.78. The number of aromatic nitrogens is 1. The minimum absolute atomic E-state index is 0.743. The molecule has 0 atom stereocenters. The van der Waals surface area contributed by atoms with Crippen LogP contribution in [0.2, 0.25) is 5.02 Å². The number of benzene rings is 1. The van der Waals surface area contributed by atoms with E-state index in [-0.39, 0.29) is 0 Å². The first kappa shape index (κ1) is 12.7. The summed E-state index contributed by atoms with van der Waals surface area (Å²) < 4.78 is 0. The van der Waals surface area contributed by atoms with Gasteiger partial charge < -0.3 is 9.80 Å². The Bertz CT molecular complexity index is 577. The molecule has 1 saturated heterocycles. The van der Waals surface area contributed by atoms with E-state index < -0.39 is 0 Å². The SMILES string of the molecule is CCN1CCN(c2ccnc3cc(Cl)ccc23)CC1. The van der Waals surface area contributed by atoms with Gasteiger partial charge in [0.05, 0.1) is 5.52 Å². The zero-order valence-corrected chi connectivity index (χ0v) is 11.9. The zero-order chi connectivity index (χ0) is 13.2. The van der Waals surface area contributed by atoms with Crippen molar-refractivity contribution in [2.75, 3.05) is 37.6 Å². The van der Waals surface area contributed by atoms with E-state index in [2.05, 4.69) is 33.8 Å². The van der Waals surface area contributed by atoms with E-state index in [0.717, 1.165) is 43.3 Å². The fourth-order valence-corrected chi connectivity index (χ4v) is 2.85. The molecule has 19 heavy (non-hydrogen) atoms. The summed E-state index contributed by atoms with van der Waals surface area (Å²) in [5, 5.41) is 1.94. The summed E-state index contributed by atoms with van der Waals surface area (Å²) in [6.07, 6.45) is 1.88. The molecule has 3 nitrogen and oxygen atoms in total. The molecule has 0 radical (unpaired) electrons. The molecule has 0 N–H and O–H groups in total. The first-order valence-electron chi connectivity index (χ1n) is 6.79. The van der Waals surface area contributed by atoms with E-state index in [1.54, 1.807) is 0 Å². The van der Waals surface area contributed by atoms with Crippen molar-refractivity contribution in [3.63, 3.8) is 0 Å². The summed E-state index contributed by atoms with van der Waals surface area (Å²) in [4.78, 5) is 9.34. The highest BCUT2D eigenvalue weighted by molar-refractivity contribution is 6.31. The van der Waals surface area contributed by atoms with Gasteiger partial charge in [0.15, 0.2) is 0 Å². The van der Waals surface area contributed by atoms with Gasteiger partial charge in [0.1, 0.15) is 0 Å². The minimum Gasteiger partial charge on any atom is -0.368 e. The van der Waals surface area contributed by atoms with E-state index in [1.807, 2.05) is 18.3 Å². The standard InChI is InChI=1S/C15H18ClN3/c1-2-18-7-9-19(10-8-18)15-5-6-17-14-11-12(16)3-4-13(14)15/h3-6,11H,2,7-10H2,1H3. The number of nitrogens with zero attached hydrogens (tertiary/aromatic N) is 3. The van der Waals surface area contributed by atoms with Gasteiger partial charge in [-0.2, -0.15) is 0 Å². The maximum atomic E-state index is 6.03. The summed E-state index contributed by atoms with van der Waals surface area (Å²) in [6, 6.07) is 8.06. The molecule has 1 aromatic heterocycles. The number of piperazine rings is 1. The lowest BCUT2D eigenvalue weighted by atomic mass is 10.1. The maximum Gasteiger partial charge on any atom is 0.0737 e. The van der Waals surface area contributed by atoms with Crippen LogP contribution in [0, 0.1) is 0 Å². The van der Waals surface area contributed by atoms with Crippen molar-refractivity contribution >= 4 is 28.2 Å². The molecular weight excluding hydrogens is 258 g/mol. The lowest BCUT2D eigenvalue weighted by Gasteiger charge is -2.36. The number of anilines is 1. The van der Waals surface area contributed by atoms with Crippen LogP contribution < -0.4 is 4.90 Å². The Labute approximate surface area is 118 Å². The third-order valence-corrected chi connectivity index (χ3v) is 4.08. The molecule has 0 saturated carbocycles. The molecular formula is C15H18ClN3. The van der Waals surface area contributed by atoms with Crippen LogP contribution in [-0.2, 0) is 0 Å². The minimum atomic E-state index is 0.743. The molecule has 1 aromatic carbocycles. The first-order chi connectivity index (χ1) is 9.28. The van der Waals surface area contributed by atoms with E-state index in [0.29, 0.717) is 0 Å². The maximum absolute atomic E-state index is 6.03. The Morgan fingerprint density at radius 2 is 1.95 bits per heavy atom. The summed E-state index contributed by atoms with van der Waals surface area (Å²) in [7, 11) is 0. The van der Waals surface area contributed by atoms with E-state index in [4.69, 9.17) is 11.6 Å². The third-order valence-electron chi connectivity index (χ3n) is 3.84. The van der Waals surface area contributed by atoms with Gasteiger partial charge in [-0.15, -0.1) is 0 Å². The van der Waals surface area contributed by atoms with E-state index in [9.17, 15) is 0 Å². The predicted octanol–water partition coefficient (Wildman–Crippen LogP) is 3.03. The second kappa shape index (κ2) is 5.35. The number of hydrogen-bond acceptors (Lipinski definition) is 3. The number of likely N-dealkylation sites (N-methyl/N-ethyl adjacent to an activating group) is 1. The number of fused-ring (bicyclic) bond motifs is 1. The van der Waals surface area contributed by atoms with Crippen molar-refractivity contribution in [1.29, 1.82) is 0 Å². The van der Waals surface area contributed by atoms with Crippen molar-refractivity contribution < 1.29 is 0 Å². The lowest BCUT2D eigenvalue weighted by molar-refractivity contribution is 0.271. The molecule has 0 unspecified atom stereocenters. The highest BCUT2D eigenvalue weighted by Crippen LogP contribution is 2.28. The highest BCUT2D eigenvalue weighted by Gasteiger charge is 2.17. The monoisotopic (exact) mass is 275 g/mol. The Morgan fingerprint density at radius 1 is 1.16 bits per heavy atom. The molecule has 0 spiro atoms. The quantitative estimate of drug-likeness (QED) is 0.840. The van der Waals surface area contributed by atoms with Gasteiger partial charge in [-0.05, 0) is 30.8 Å². The second-order valence-corrected chi connectivity index (χ2v) is 5.35. The van der Waals surface area contributed by atoms with Gasteiger partial charge in [-0.3, -0.25) is 4.98 Å². The Kier molecular flexibility index (Phi) is 3.58. The van der Waals surface area contributed by atoms with Crippen molar-refractivity contribution in [2.24, 2.45) is 0 Å². The average molecular weight is 276 g/mol. The number of hydrogen-bond donors (Lipinski definition) is 0. The lowest BCUT2D eigenvalue weighted by Crippen LogP contribution is -2.46. The molecule has 3 rings (SSSR count). The van der Waals surface area contributed by atoms with E-state index >= 15 is 0 Å². The predicted molar refractivity (Wildman–Crippen MR) is 81.1 cm³/mol. The molecule has 100 valence electrons. The van der Waals surface area contributed by atoms with Crippen LogP contribution in [-0.4, -0.2) is 42.6 Å².